The van der Waals surface area contributed by atoms with Crippen LogP contribution in [-0.4, -0.2) is 24.2 Å². The maximum absolute atomic E-state index is 12.1. The molecule has 0 aliphatic rings. The van der Waals surface area contributed by atoms with Gasteiger partial charge in [0.1, 0.15) is 5.75 Å². The van der Waals surface area contributed by atoms with Gasteiger partial charge >= 0.3 is 0 Å². The van der Waals surface area contributed by atoms with E-state index in [1.165, 1.54) is 0 Å². The number of fused-ring (bicyclic) bond motifs is 1. The molecule has 0 bridgehead atoms. The second kappa shape index (κ2) is 7.62. The highest BCUT2D eigenvalue weighted by atomic mass is 16.5. The summed E-state index contributed by atoms with van der Waals surface area (Å²) >= 11 is 0. The van der Waals surface area contributed by atoms with E-state index in [0.717, 1.165) is 16.3 Å². The fourth-order valence-corrected chi connectivity index (χ4v) is 2.56. The van der Waals surface area contributed by atoms with Crippen LogP contribution in [0.5, 0.6) is 5.75 Å². The lowest BCUT2D eigenvalue weighted by molar-refractivity contribution is -0.124. The predicted octanol–water partition coefficient (Wildman–Crippen LogP) is 3.07. The Morgan fingerprint density at radius 3 is 2.42 bits per heavy atom. The van der Waals surface area contributed by atoms with E-state index in [-0.39, 0.29) is 19.1 Å². The van der Waals surface area contributed by atoms with Crippen LogP contribution in [0, 0.1) is 0 Å². The lowest BCUT2D eigenvalue weighted by Gasteiger charge is -2.17. The summed E-state index contributed by atoms with van der Waals surface area (Å²) in [7, 11) is 0. The first-order chi connectivity index (χ1) is 11.8. The van der Waals surface area contributed by atoms with Crippen molar-refractivity contribution in [2.24, 2.45) is 0 Å². The van der Waals surface area contributed by atoms with Gasteiger partial charge in [0.05, 0.1) is 12.6 Å². The van der Waals surface area contributed by atoms with Gasteiger partial charge in [-0.05, 0) is 28.5 Å². The van der Waals surface area contributed by atoms with Gasteiger partial charge in [0, 0.05) is 0 Å². The molecule has 4 nitrogen and oxygen atoms in total. The van der Waals surface area contributed by atoms with Crippen molar-refractivity contribution in [3.8, 4) is 5.75 Å². The highest BCUT2D eigenvalue weighted by molar-refractivity contribution is 5.84. The van der Waals surface area contributed by atoms with E-state index >= 15 is 0 Å². The number of carbonyl (C=O) groups excluding carboxylic acids is 1. The first-order valence-corrected chi connectivity index (χ1v) is 7.83. The van der Waals surface area contributed by atoms with Crippen molar-refractivity contribution in [1.29, 1.82) is 0 Å². The van der Waals surface area contributed by atoms with Crippen molar-refractivity contribution in [1.82, 2.24) is 5.32 Å². The Balaban J connectivity index is 1.60. The van der Waals surface area contributed by atoms with Gasteiger partial charge in [0.2, 0.25) is 0 Å². The Bertz CT molecular complexity index is 817. The van der Waals surface area contributed by atoms with Crippen LogP contribution in [-0.2, 0) is 4.79 Å². The van der Waals surface area contributed by atoms with Gasteiger partial charge in [-0.15, -0.1) is 0 Å². The van der Waals surface area contributed by atoms with Crippen LogP contribution in [0.4, 0.5) is 0 Å². The van der Waals surface area contributed by atoms with Crippen molar-refractivity contribution in [2.45, 2.75) is 6.04 Å². The van der Waals surface area contributed by atoms with Crippen LogP contribution in [0.1, 0.15) is 11.6 Å². The molecule has 122 valence electrons. The molecule has 0 fully saturated rings. The zero-order chi connectivity index (χ0) is 16.8. The molecule has 1 amide bonds. The van der Waals surface area contributed by atoms with E-state index in [1.807, 2.05) is 72.8 Å². The molecule has 0 radical (unpaired) electrons. The summed E-state index contributed by atoms with van der Waals surface area (Å²) in [4.78, 5) is 12.1. The molecule has 1 unspecified atom stereocenters. The predicted molar refractivity (Wildman–Crippen MR) is 93.9 cm³/mol. The van der Waals surface area contributed by atoms with Gasteiger partial charge < -0.3 is 15.2 Å². The molecule has 3 rings (SSSR count). The van der Waals surface area contributed by atoms with E-state index in [0.29, 0.717) is 5.75 Å². The number of hydrogen-bond donors (Lipinski definition) is 2. The number of amides is 1. The third-order valence-electron chi connectivity index (χ3n) is 3.81. The molecule has 3 aromatic rings. The number of aliphatic hydroxyl groups is 1. The molecule has 0 saturated heterocycles. The zero-order valence-corrected chi connectivity index (χ0v) is 13.2. The second-order valence-electron chi connectivity index (χ2n) is 5.51. The minimum atomic E-state index is -0.432. The van der Waals surface area contributed by atoms with Crippen LogP contribution >= 0.6 is 0 Å². The Kier molecular flexibility index (Phi) is 5.08. The number of hydrogen-bond acceptors (Lipinski definition) is 3. The molecule has 0 aliphatic carbocycles. The fourth-order valence-electron chi connectivity index (χ4n) is 2.56. The van der Waals surface area contributed by atoms with Crippen LogP contribution in [0.15, 0.2) is 72.8 Å². The molecule has 0 spiro atoms. The SMILES string of the molecule is O=C(COc1ccc2ccccc2c1)NC(CO)c1ccccc1. The lowest BCUT2D eigenvalue weighted by Crippen LogP contribution is -2.34. The average molecular weight is 321 g/mol. The first-order valence-electron chi connectivity index (χ1n) is 7.83. The normalized spacial score (nSPS) is 11.9. The molecular weight excluding hydrogens is 302 g/mol. The summed E-state index contributed by atoms with van der Waals surface area (Å²) in [6.45, 7) is -0.257. The highest BCUT2D eigenvalue weighted by Gasteiger charge is 2.13. The van der Waals surface area contributed by atoms with Gasteiger partial charge in [0.25, 0.3) is 5.91 Å². The molecular formula is C20H19NO3. The Labute approximate surface area is 140 Å². The quantitative estimate of drug-likeness (QED) is 0.733. The number of rotatable bonds is 6. The maximum atomic E-state index is 12.1. The van der Waals surface area contributed by atoms with Crippen molar-refractivity contribution < 1.29 is 14.6 Å². The maximum Gasteiger partial charge on any atom is 0.258 e. The molecule has 0 heterocycles. The van der Waals surface area contributed by atoms with Crippen LogP contribution < -0.4 is 10.1 Å². The monoisotopic (exact) mass is 321 g/mol. The number of carbonyl (C=O) groups is 1. The number of benzene rings is 3. The third kappa shape index (κ3) is 3.91. The standard InChI is InChI=1S/C20H19NO3/c22-13-19(16-7-2-1-3-8-16)21-20(23)14-24-18-11-10-15-6-4-5-9-17(15)12-18/h1-12,19,22H,13-14H2,(H,21,23). The molecule has 0 aliphatic heterocycles. The summed E-state index contributed by atoms with van der Waals surface area (Å²) in [6, 6.07) is 22.6. The molecule has 24 heavy (non-hydrogen) atoms. The van der Waals surface area contributed by atoms with Gasteiger partial charge in [-0.2, -0.15) is 0 Å². The molecule has 1 atom stereocenters. The van der Waals surface area contributed by atoms with Gasteiger partial charge in [0.15, 0.2) is 6.61 Å². The van der Waals surface area contributed by atoms with Crippen molar-refractivity contribution in [2.75, 3.05) is 13.2 Å². The minimum absolute atomic E-state index is 0.0956. The molecule has 4 heteroatoms. The molecule has 0 saturated carbocycles. The lowest BCUT2D eigenvalue weighted by atomic mass is 10.1. The second-order valence-corrected chi connectivity index (χ2v) is 5.51. The zero-order valence-electron chi connectivity index (χ0n) is 13.2. The van der Waals surface area contributed by atoms with Gasteiger partial charge in [-0.3, -0.25) is 4.79 Å². The van der Waals surface area contributed by atoms with Crippen molar-refractivity contribution in [3.05, 3.63) is 78.4 Å². The number of ether oxygens (including phenoxy) is 1. The van der Waals surface area contributed by atoms with Gasteiger partial charge in [-0.25, -0.2) is 0 Å². The number of nitrogens with one attached hydrogen (secondary N) is 1. The summed E-state index contributed by atoms with van der Waals surface area (Å²) in [5, 5.41) is 14.4. The number of aliphatic hydroxyl groups excluding tert-OH is 1. The van der Waals surface area contributed by atoms with E-state index in [9.17, 15) is 9.90 Å². The van der Waals surface area contributed by atoms with E-state index in [4.69, 9.17) is 4.74 Å². The van der Waals surface area contributed by atoms with E-state index in [1.54, 1.807) is 0 Å². The topological polar surface area (TPSA) is 58.6 Å². The van der Waals surface area contributed by atoms with Crippen molar-refractivity contribution >= 4 is 16.7 Å². The summed E-state index contributed by atoms with van der Waals surface area (Å²) < 4.78 is 5.56. The largest absolute Gasteiger partial charge is 0.484 e. The van der Waals surface area contributed by atoms with Crippen LogP contribution in [0.25, 0.3) is 10.8 Å². The average Bonchev–Trinajstić information content (AvgIpc) is 2.65. The Morgan fingerprint density at radius 2 is 1.67 bits per heavy atom. The Morgan fingerprint density at radius 1 is 0.958 bits per heavy atom. The van der Waals surface area contributed by atoms with E-state index in [2.05, 4.69) is 5.32 Å². The fraction of sp³-hybridized carbons (Fsp3) is 0.150. The summed E-state index contributed by atoms with van der Waals surface area (Å²) in [5.74, 6) is 0.371. The van der Waals surface area contributed by atoms with E-state index < -0.39 is 6.04 Å². The summed E-state index contributed by atoms with van der Waals surface area (Å²) in [5.41, 5.74) is 0.860. The van der Waals surface area contributed by atoms with Crippen molar-refractivity contribution in [3.63, 3.8) is 0 Å². The molecule has 2 N–H and O–H groups in total. The van der Waals surface area contributed by atoms with Crippen LogP contribution in [0.3, 0.4) is 0 Å². The highest BCUT2D eigenvalue weighted by Crippen LogP contribution is 2.20. The smallest absolute Gasteiger partial charge is 0.258 e. The summed E-state index contributed by atoms with van der Waals surface area (Å²) in [6.07, 6.45) is 0. The Hall–Kier alpha value is -2.85. The minimum Gasteiger partial charge on any atom is -0.484 e. The first kappa shape index (κ1) is 16.0. The van der Waals surface area contributed by atoms with Gasteiger partial charge in [-0.1, -0.05) is 60.7 Å². The molecule has 3 aromatic carbocycles. The third-order valence-corrected chi connectivity index (χ3v) is 3.81. The molecule has 0 aromatic heterocycles. The van der Waals surface area contributed by atoms with Crippen LogP contribution in [0.2, 0.25) is 0 Å².